The molecule has 5 heteroatoms. The van der Waals surface area contributed by atoms with Gasteiger partial charge in [0.1, 0.15) is 11.2 Å². The van der Waals surface area contributed by atoms with Crippen LogP contribution in [0.2, 0.25) is 0 Å². The predicted octanol–water partition coefficient (Wildman–Crippen LogP) is 14.1. The predicted molar refractivity (Wildman–Crippen MR) is 260 cm³/mol. The van der Waals surface area contributed by atoms with Crippen LogP contribution >= 0.6 is 0 Å². The Hall–Kier alpha value is -5.94. The van der Waals surface area contributed by atoms with Crippen LogP contribution in [0, 0.1) is 27.7 Å². The minimum atomic E-state index is -0.0840. The van der Waals surface area contributed by atoms with E-state index >= 15 is 0 Å². The highest BCUT2D eigenvalue weighted by molar-refractivity contribution is 7.01. The lowest BCUT2D eigenvalue weighted by molar-refractivity contribution is 0.588. The van der Waals surface area contributed by atoms with Crippen LogP contribution in [-0.2, 0) is 16.2 Å². The van der Waals surface area contributed by atoms with Crippen LogP contribution in [0.4, 0.5) is 34.3 Å². The second-order valence-electron chi connectivity index (χ2n) is 20.9. The lowest BCUT2D eigenvalue weighted by Crippen LogP contribution is -2.61. The summed E-state index contributed by atoms with van der Waals surface area (Å²) < 4.78 is 13.4. The third kappa shape index (κ3) is 6.02. The Morgan fingerprint density at radius 2 is 1.05 bits per heavy atom. The molecule has 306 valence electrons. The molecule has 0 atom stereocenters. The van der Waals surface area contributed by atoms with Crippen molar-refractivity contribution in [3.63, 3.8) is 0 Å². The van der Waals surface area contributed by atoms with Gasteiger partial charge in [0.05, 0.1) is 17.6 Å². The summed E-state index contributed by atoms with van der Waals surface area (Å²) in [5.74, 6) is 0.900. The highest BCUT2D eigenvalue weighted by Gasteiger charge is 2.47. The molecule has 0 saturated carbocycles. The number of furan rings is 2. The maximum Gasteiger partial charge on any atom is 0.257 e. The third-order valence-corrected chi connectivity index (χ3v) is 13.4. The van der Waals surface area contributed by atoms with Crippen LogP contribution in [0.1, 0.15) is 101 Å². The van der Waals surface area contributed by atoms with Crippen molar-refractivity contribution in [2.75, 3.05) is 9.80 Å². The largest absolute Gasteiger partial charge is 0.464 e. The molecule has 0 spiro atoms. The maximum absolute atomic E-state index is 7.23. The maximum atomic E-state index is 7.23. The fourth-order valence-electron chi connectivity index (χ4n) is 10.2. The first kappa shape index (κ1) is 39.2. The van der Waals surface area contributed by atoms with Crippen LogP contribution in [-0.4, -0.2) is 6.71 Å². The Balaban J connectivity index is 1.32. The van der Waals surface area contributed by atoms with Gasteiger partial charge in [-0.3, -0.25) is 4.90 Å². The average molecular weight is 801 g/mol. The van der Waals surface area contributed by atoms with Crippen LogP contribution in [0.25, 0.3) is 33.1 Å². The molecule has 0 bridgehead atoms. The number of anilines is 6. The minimum absolute atomic E-state index is 0.0176. The Bertz CT molecular complexity index is 3060. The van der Waals surface area contributed by atoms with E-state index in [2.05, 4.69) is 197 Å². The molecule has 0 fully saturated rings. The molecule has 6 aromatic carbocycles. The smallest absolute Gasteiger partial charge is 0.257 e. The summed E-state index contributed by atoms with van der Waals surface area (Å²) in [6, 6.07) is 38.8. The second kappa shape index (κ2) is 13.3. The van der Waals surface area contributed by atoms with E-state index in [0.717, 1.165) is 39.3 Å². The van der Waals surface area contributed by atoms with E-state index in [-0.39, 0.29) is 23.0 Å². The van der Waals surface area contributed by atoms with Gasteiger partial charge in [-0.15, -0.1) is 0 Å². The van der Waals surface area contributed by atoms with E-state index in [9.17, 15) is 0 Å². The van der Waals surface area contributed by atoms with Gasteiger partial charge in [0.15, 0.2) is 0 Å². The lowest BCUT2D eigenvalue weighted by Gasteiger charge is -2.44. The number of para-hydroxylation sites is 1. The first-order valence-corrected chi connectivity index (χ1v) is 22.0. The molecular weight excluding hydrogens is 743 g/mol. The molecule has 61 heavy (non-hydrogen) atoms. The molecule has 4 heterocycles. The van der Waals surface area contributed by atoms with Crippen LogP contribution in [0.3, 0.4) is 0 Å². The zero-order valence-electron chi connectivity index (χ0n) is 38.2. The van der Waals surface area contributed by atoms with Crippen LogP contribution in [0.15, 0.2) is 118 Å². The van der Waals surface area contributed by atoms with Crippen molar-refractivity contribution in [1.29, 1.82) is 0 Å². The topological polar surface area (TPSA) is 32.8 Å². The molecule has 10 rings (SSSR count). The van der Waals surface area contributed by atoms with Gasteiger partial charge in [0.2, 0.25) is 5.88 Å². The van der Waals surface area contributed by atoms with Crippen LogP contribution in [0.5, 0.6) is 0 Å². The van der Waals surface area contributed by atoms with Gasteiger partial charge >= 0.3 is 0 Å². The molecule has 2 aliphatic heterocycles. The third-order valence-electron chi connectivity index (χ3n) is 13.4. The number of hydrogen-bond acceptors (Lipinski definition) is 4. The number of nitrogens with zero attached hydrogens (tertiary/aromatic N) is 2. The zero-order valence-corrected chi connectivity index (χ0v) is 38.2. The summed E-state index contributed by atoms with van der Waals surface area (Å²) in [6.45, 7) is 29.8. The summed E-state index contributed by atoms with van der Waals surface area (Å²) in [7, 11) is 0. The Morgan fingerprint density at radius 3 is 1.66 bits per heavy atom. The zero-order chi connectivity index (χ0) is 43.1. The van der Waals surface area contributed by atoms with E-state index in [1.165, 1.54) is 83.5 Å². The monoisotopic (exact) mass is 800 g/mol. The highest BCUT2D eigenvalue weighted by atomic mass is 16.4. The number of aryl methyl sites for hydroxylation is 4. The number of rotatable bonds is 3. The molecular formula is C56H57BN2O2. The molecule has 0 amide bonds. The molecule has 0 unspecified atom stereocenters. The number of fused-ring (bicyclic) bond motifs is 7. The van der Waals surface area contributed by atoms with E-state index in [1.54, 1.807) is 0 Å². The van der Waals surface area contributed by atoms with Crippen molar-refractivity contribution in [2.24, 2.45) is 0 Å². The van der Waals surface area contributed by atoms with Gasteiger partial charge in [-0.1, -0.05) is 129 Å². The molecule has 4 nitrogen and oxygen atoms in total. The minimum Gasteiger partial charge on any atom is -0.464 e. The van der Waals surface area contributed by atoms with Gasteiger partial charge < -0.3 is 13.7 Å². The second-order valence-corrected chi connectivity index (χ2v) is 20.9. The van der Waals surface area contributed by atoms with Gasteiger partial charge in [0, 0.05) is 38.9 Å². The van der Waals surface area contributed by atoms with Crippen molar-refractivity contribution < 1.29 is 8.83 Å². The van der Waals surface area contributed by atoms with Gasteiger partial charge in [-0.05, 0) is 136 Å². The first-order chi connectivity index (χ1) is 28.8. The molecule has 0 radical (unpaired) electrons. The summed E-state index contributed by atoms with van der Waals surface area (Å²) >= 11 is 0. The van der Waals surface area contributed by atoms with Crippen molar-refractivity contribution in [1.82, 2.24) is 0 Å². The molecule has 8 aromatic rings. The van der Waals surface area contributed by atoms with E-state index in [4.69, 9.17) is 8.83 Å². The normalized spacial score (nSPS) is 13.9. The van der Waals surface area contributed by atoms with E-state index in [0.29, 0.717) is 0 Å². The molecule has 0 N–H and O–H groups in total. The summed E-state index contributed by atoms with van der Waals surface area (Å²) in [4.78, 5) is 5.03. The number of benzene rings is 6. The van der Waals surface area contributed by atoms with E-state index < -0.39 is 0 Å². The van der Waals surface area contributed by atoms with Crippen molar-refractivity contribution in [3.8, 4) is 11.1 Å². The van der Waals surface area contributed by atoms with Crippen LogP contribution < -0.4 is 26.2 Å². The summed E-state index contributed by atoms with van der Waals surface area (Å²) in [5, 5.41) is 2.29. The molecule has 2 aliphatic rings. The SMILES string of the molecule is Cc1cc(C(C)(C)C)cc(C)c1N1c2cc(-c3coc4ccccc34)ccc2B2c3c1cccc3N(c1c(C)cc(C(C)(C)C)cc1C)c1oc3ccc(C(C)(C)C)cc3c12. The summed E-state index contributed by atoms with van der Waals surface area (Å²) in [5.41, 5.74) is 22.7. The lowest BCUT2D eigenvalue weighted by atomic mass is 9.33. The number of hydrogen-bond donors (Lipinski definition) is 0. The highest BCUT2D eigenvalue weighted by Crippen LogP contribution is 2.50. The average Bonchev–Trinajstić information content (AvgIpc) is 3.79. The van der Waals surface area contributed by atoms with Crippen molar-refractivity contribution in [3.05, 3.63) is 148 Å². The Labute approximate surface area is 362 Å². The summed E-state index contributed by atoms with van der Waals surface area (Å²) in [6.07, 6.45) is 1.92. The first-order valence-electron chi connectivity index (χ1n) is 22.0. The Kier molecular flexibility index (Phi) is 8.54. The fourth-order valence-corrected chi connectivity index (χ4v) is 10.2. The van der Waals surface area contributed by atoms with Gasteiger partial charge in [-0.25, -0.2) is 0 Å². The molecule has 0 aliphatic carbocycles. The van der Waals surface area contributed by atoms with Crippen molar-refractivity contribution >= 4 is 79.4 Å². The Morgan fingerprint density at radius 1 is 0.475 bits per heavy atom. The molecule has 0 saturated heterocycles. The van der Waals surface area contributed by atoms with Crippen molar-refractivity contribution in [2.45, 2.75) is 106 Å². The standard InChI is InChI=1S/C56H57BN2O2/c1-32-25-38(55(8,9)10)26-33(2)51(32)58-44-18-16-19-45-50(44)57(43-23-21-36(29-46(43)58)42-31-60-47-20-15-14-17-40(42)47)49-41-30-37(54(5,6)7)22-24-48(41)61-53(49)59(45)52-34(3)27-39(28-35(52)4)56(11,12)13/h14-31H,1-13H3. The van der Waals surface area contributed by atoms with Gasteiger partial charge in [-0.2, -0.15) is 0 Å². The molecule has 2 aromatic heterocycles. The van der Waals surface area contributed by atoms with E-state index in [1.807, 2.05) is 12.3 Å². The quantitative estimate of drug-likeness (QED) is 0.167. The van der Waals surface area contributed by atoms with Gasteiger partial charge in [0.25, 0.3) is 6.71 Å². The fraction of sp³-hybridized carbons (Fsp3) is 0.286.